The van der Waals surface area contributed by atoms with Crippen molar-refractivity contribution in [1.29, 1.82) is 0 Å². The third-order valence-electron chi connectivity index (χ3n) is 5.10. The minimum Gasteiger partial charge on any atom is -0.465 e. The van der Waals surface area contributed by atoms with Crippen LogP contribution in [0.5, 0.6) is 0 Å². The third kappa shape index (κ3) is 5.00. The van der Waals surface area contributed by atoms with E-state index >= 15 is 0 Å². The van der Waals surface area contributed by atoms with Crippen molar-refractivity contribution < 1.29 is 41.4 Å². The van der Waals surface area contributed by atoms with Crippen LogP contribution in [0.1, 0.15) is 39.5 Å². The maximum absolute atomic E-state index is 13.0. The number of hydrogen-bond acceptors (Lipinski definition) is 9. The fourth-order valence-corrected chi connectivity index (χ4v) is 5.02. The zero-order valence-electron chi connectivity index (χ0n) is 17.6. The molecule has 10 nitrogen and oxygen atoms in total. The summed E-state index contributed by atoms with van der Waals surface area (Å²) in [6.07, 6.45) is 0.536. The van der Waals surface area contributed by atoms with E-state index in [4.69, 9.17) is 9.15 Å². The Morgan fingerprint density at radius 3 is 2.31 bits per heavy atom. The summed E-state index contributed by atoms with van der Waals surface area (Å²) in [6.45, 7) is 0.0521. The highest BCUT2D eigenvalue weighted by Gasteiger charge is 2.35. The van der Waals surface area contributed by atoms with E-state index in [9.17, 15) is 22.8 Å². The van der Waals surface area contributed by atoms with Gasteiger partial charge in [-0.3, -0.25) is 4.79 Å². The molecule has 3 rings (SSSR count). The molecule has 0 bridgehead atoms. The van der Waals surface area contributed by atoms with Crippen LogP contribution in [0.2, 0.25) is 0 Å². The molecule has 0 saturated carbocycles. The predicted molar refractivity (Wildman–Crippen MR) is 109 cm³/mol. The zero-order chi connectivity index (χ0) is 23.3. The molecule has 0 unspecified atom stereocenters. The van der Waals surface area contributed by atoms with Gasteiger partial charge in [-0.2, -0.15) is 4.31 Å². The van der Waals surface area contributed by atoms with Crippen LogP contribution in [0.4, 0.5) is 0 Å². The first kappa shape index (κ1) is 23.5. The molecule has 1 aromatic carbocycles. The molecule has 0 atom stereocenters. The average molecular weight is 465 g/mol. The van der Waals surface area contributed by atoms with Crippen LogP contribution in [0.25, 0.3) is 0 Å². The minimum atomic E-state index is -3.94. The number of ether oxygens (including phenoxy) is 3. The standard InChI is InChI=1S/C21H23NO9S/c1-28-20(24)16-5-3-4-6-18(16)32(26,27)22-11-9-14(10-12-22)19(23)30-13-15-7-8-17(31-15)21(25)29-2/h3-8,14H,9-13H2,1-2H3. The van der Waals surface area contributed by atoms with E-state index in [-0.39, 0.29) is 54.5 Å². The van der Waals surface area contributed by atoms with Gasteiger partial charge in [-0.15, -0.1) is 0 Å². The molecule has 1 fully saturated rings. The van der Waals surface area contributed by atoms with Gasteiger partial charge >= 0.3 is 17.9 Å². The topological polar surface area (TPSA) is 129 Å². The van der Waals surface area contributed by atoms with E-state index < -0.39 is 33.8 Å². The first-order chi connectivity index (χ1) is 15.3. The predicted octanol–water partition coefficient (Wildman–Crippen LogP) is 2.00. The van der Waals surface area contributed by atoms with Crippen LogP contribution in [-0.2, 0) is 35.6 Å². The molecule has 2 aromatic rings. The van der Waals surface area contributed by atoms with Crippen LogP contribution in [0.3, 0.4) is 0 Å². The van der Waals surface area contributed by atoms with Gasteiger partial charge < -0.3 is 18.6 Å². The minimum absolute atomic E-state index is 0.00398. The fraction of sp³-hybridized carbons (Fsp3) is 0.381. The molecule has 1 aromatic heterocycles. The number of carbonyl (C=O) groups excluding carboxylic acids is 3. The van der Waals surface area contributed by atoms with Gasteiger partial charge in [0.1, 0.15) is 12.4 Å². The second kappa shape index (κ2) is 9.96. The van der Waals surface area contributed by atoms with Gasteiger partial charge in [0.25, 0.3) is 0 Å². The number of nitrogens with zero attached hydrogens (tertiary/aromatic N) is 1. The van der Waals surface area contributed by atoms with Gasteiger partial charge in [0, 0.05) is 13.1 Å². The van der Waals surface area contributed by atoms with E-state index in [1.165, 1.54) is 48.9 Å². The number of esters is 3. The molecule has 172 valence electrons. The molecular formula is C21H23NO9S. The van der Waals surface area contributed by atoms with Gasteiger partial charge in [-0.05, 0) is 37.1 Å². The molecule has 0 N–H and O–H groups in total. The molecule has 1 aliphatic rings. The lowest BCUT2D eigenvalue weighted by Crippen LogP contribution is -2.41. The third-order valence-corrected chi connectivity index (χ3v) is 7.06. The number of methoxy groups -OCH3 is 2. The van der Waals surface area contributed by atoms with Crippen LogP contribution in [0, 0.1) is 5.92 Å². The molecule has 0 aliphatic carbocycles. The summed E-state index contributed by atoms with van der Waals surface area (Å²) >= 11 is 0. The Morgan fingerprint density at radius 1 is 1.00 bits per heavy atom. The molecule has 0 amide bonds. The highest BCUT2D eigenvalue weighted by atomic mass is 32.2. The maximum atomic E-state index is 13.0. The molecule has 0 radical (unpaired) electrons. The zero-order valence-corrected chi connectivity index (χ0v) is 18.4. The highest BCUT2D eigenvalue weighted by Crippen LogP contribution is 2.27. The van der Waals surface area contributed by atoms with E-state index in [0.717, 1.165) is 0 Å². The quantitative estimate of drug-likeness (QED) is 0.445. The van der Waals surface area contributed by atoms with E-state index in [1.54, 1.807) is 6.07 Å². The lowest BCUT2D eigenvalue weighted by Gasteiger charge is -2.30. The Morgan fingerprint density at radius 2 is 1.66 bits per heavy atom. The second-order valence-corrected chi connectivity index (χ2v) is 8.94. The Balaban J connectivity index is 1.59. The summed E-state index contributed by atoms with van der Waals surface area (Å²) in [4.78, 5) is 35.6. The summed E-state index contributed by atoms with van der Waals surface area (Å²) in [5.74, 6) is -2.04. The van der Waals surface area contributed by atoms with Crippen molar-refractivity contribution in [1.82, 2.24) is 4.31 Å². The van der Waals surface area contributed by atoms with Crippen LogP contribution < -0.4 is 0 Å². The number of rotatable bonds is 7. The number of carbonyl (C=O) groups is 3. The summed E-state index contributed by atoms with van der Waals surface area (Å²) < 4.78 is 47.1. The summed E-state index contributed by atoms with van der Waals surface area (Å²) in [5.41, 5.74) is -0.0405. The summed E-state index contributed by atoms with van der Waals surface area (Å²) in [5, 5.41) is 0. The normalized spacial score (nSPS) is 15.2. The van der Waals surface area contributed by atoms with Gasteiger partial charge in [-0.1, -0.05) is 12.1 Å². The molecule has 0 spiro atoms. The van der Waals surface area contributed by atoms with Gasteiger partial charge in [0.15, 0.2) is 0 Å². The summed E-state index contributed by atoms with van der Waals surface area (Å²) in [6, 6.07) is 8.76. The van der Waals surface area contributed by atoms with Crippen molar-refractivity contribution in [2.75, 3.05) is 27.3 Å². The fourth-order valence-electron chi connectivity index (χ4n) is 3.37. The van der Waals surface area contributed by atoms with Crippen molar-refractivity contribution >= 4 is 27.9 Å². The molecule has 1 saturated heterocycles. The van der Waals surface area contributed by atoms with Crippen molar-refractivity contribution in [2.45, 2.75) is 24.3 Å². The molecule has 2 heterocycles. The largest absolute Gasteiger partial charge is 0.465 e. The molecule has 32 heavy (non-hydrogen) atoms. The molecular weight excluding hydrogens is 442 g/mol. The number of piperidine rings is 1. The van der Waals surface area contributed by atoms with Gasteiger partial charge in [-0.25, -0.2) is 18.0 Å². The monoisotopic (exact) mass is 465 g/mol. The first-order valence-corrected chi connectivity index (χ1v) is 11.2. The molecule has 1 aliphatic heterocycles. The van der Waals surface area contributed by atoms with Gasteiger partial charge in [0.05, 0.1) is 30.6 Å². The highest BCUT2D eigenvalue weighted by molar-refractivity contribution is 7.89. The first-order valence-electron chi connectivity index (χ1n) is 9.79. The van der Waals surface area contributed by atoms with Gasteiger partial charge in [0.2, 0.25) is 15.8 Å². The number of furan rings is 1. The Kier molecular flexibility index (Phi) is 7.31. The van der Waals surface area contributed by atoms with E-state index in [2.05, 4.69) is 9.47 Å². The lowest BCUT2D eigenvalue weighted by molar-refractivity contribution is -0.151. The van der Waals surface area contributed by atoms with Crippen LogP contribution >= 0.6 is 0 Å². The Bertz CT molecular complexity index is 1100. The van der Waals surface area contributed by atoms with Crippen molar-refractivity contribution in [3.05, 3.63) is 53.5 Å². The number of benzene rings is 1. The average Bonchev–Trinajstić information content (AvgIpc) is 3.30. The number of hydrogen-bond donors (Lipinski definition) is 0. The van der Waals surface area contributed by atoms with Crippen molar-refractivity contribution in [2.24, 2.45) is 5.92 Å². The Labute approximate surface area is 185 Å². The van der Waals surface area contributed by atoms with E-state index in [1.807, 2.05) is 0 Å². The van der Waals surface area contributed by atoms with Crippen LogP contribution in [0.15, 0.2) is 45.7 Å². The molecule has 11 heteroatoms. The van der Waals surface area contributed by atoms with E-state index in [0.29, 0.717) is 0 Å². The van der Waals surface area contributed by atoms with Crippen molar-refractivity contribution in [3.63, 3.8) is 0 Å². The lowest BCUT2D eigenvalue weighted by atomic mass is 9.98. The maximum Gasteiger partial charge on any atom is 0.373 e. The smallest absolute Gasteiger partial charge is 0.373 e. The second-order valence-electron chi connectivity index (χ2n) is 7.03. The SMILES string of the molecule is COC(=O)c1ccc(COC(=O)C2CCN(S(=O)(=O)c3ccccc3C(=O)OC)CC2)o1. The Hall–Kier alpha value is -3.18. The summed E-state index contributed by atoms with van der Waals surface area (Å²) in [7, 11) is -1.53. The number of sulfonamides is 1. The van der Waals surface area contributed by atoms with Crippen molar-refractivity contribution in [3.8, 4) is 0 Å². The van der Waals surface area contributed by atoms with Crippen LogP contribution in [-0.4, -0.2) is 57.9 Å².